The van der Waals surface area contributed by atoms with Crippen molar-refractivity contribution in [1.29, 1.82) is 0 Å². The number of nitro benzene ring substituents is 1. The monoisotopic (exact) mass is 297 g/mol. The fourth-order valence-corrected chi connectivity index (χ4v) is 2.71. The highest BCUT2D eigenvalue weighted by atomic mass is 16.6. The molecule has 1 saturated heterocycles. The third-order valence-electron chi connectivity index (χ3n) is 3.89. The van der Waals surface area contributed by atoms with E-state index in [4.69, 9.17) is 5.73 Å². The molecule has 6 nitrogen and oxygen atoms in total. The maximum atomic E-state index is 12.0. The van der Waals surface area contributed by atoms with E-state index >= 15 is 0 Å². The van der Waals surface area contributed by atoms with E-state index in [2.05, 4.69) is 0 Å². The minimum atomic E-state index is -0.592. The van der Waals surface area contributed by atoms with Crippen LogP contribution in [0.25, 0.3) is 0 Å². The quantitative estimate of drug-likeness (QED) is 0.531. The van der Waals surface area contributed by atoms with Gasteiger partial charge in [0.2, 0.25) is 5.91 Å². The first-order valence-electron chi connectivity index (χ1n) is 6.92. The Morgan fingerprint density at radius 2 is 1.73 bits per heavy atom. The van der Waals surface area contributed by atoms with Gasteiger partial charge < -0.3 is 10.6 Å². The van der Waals surface area contributed by atoms with Crippen LogP contribution in [0.5, 0.6) is 0 Å². The Kier molecular flexibility index (Phi) is 3.60. The minimum absolute atomic E-state index is 0.0255. The summed E-state index contributed by atoms with van der Waals surface area (Å²) >= 11 is 0. The minimum Gasteiger partial charge on any atom is -0.328 e. The molecule has 1 fully saturated rings. The van der Waals surface area contributed by atoms with Crippen LogP contribution in [0.15, 0.2) is 54.6 Å². The summed E-state index contributed by atoms with van der Waals surface area (Å²) in [6, 6.07) is 15.0. The second-order valence-electron chi connectivity index (χ2n) is 5.27. The van der Waals surface area contributed by atoms with Crippen molar-refractivity contribution >= 4 is 11.6 Å². The zero-order chi connectivity index (χ0) is 15.7. The van der Waals surface area contributed by atoms with Crippen molar-refractivity contribution in [2.24, 2.45) is 5.73 Å². The molecule has 0 unspecified atom stereocenters. The number of hydrogen-bond acceptors (Lipinski definition) is 4. The SMILES string of the molecule is N[C@H]1C(=O)N(Cc2ccccc2)[C@@H]1c1ccc([N+](=O)[O-])cc1. The molecule has 2 aromatic carbocycles. The van der Waals surface area contributed by atoms with Gasteiger partial charge in [0.25, 0.3) is 5.69 Å². The van der Waals surface area contributed by atoms with Crippen molar-refractivity contribution in [2.75, 3.05) is 0 Å². The summed E-state index contributed by atoms with van der Waals surface area (Å²) in [6.45, 7) is 0.481. The summed E-state index contributed by atoms with van der Waals surface area (Å²) in [4.78, 5) is 24.0. The predicted molar refractivity (Wildman–Crippen MR) is 80.8 cm³/mol. The highest BCUT2D eigenvalue weighted by molar-refractivity contribution is 5.89. The number of likely N-dealkylation sites (tertiary alicyclic amines) is 1. The van der Waals surface area contributed by atoms with E-state index in [0.717, 1.165) is 11.1 Å². The Morgan fingerprint density at radius 3 is 2.32 bits per heavy atom. The fourth-order valence-electron chi connectivity index (χ4n) is 2.71. The van der Waals surface area contributed by atoms with Crippen LogP contribution in [0.3, 0.4) is 0 Å². The molecule has 22 heavy (non-hydrogen) atoms. The Hall–Kier alpha value is -2.73. The second kappa shape index (κ2) is 5.57. The van der Waals surface area contributed by atoms with Crippen LogP contribution < -0.4 is 5.73 Å². The summed E-state index contributed by atoms with van der Waals surface area (Å²) in [7, 11) is 0. The lowest BCUT2D eigenvalue weighted by atomic mass is 9.88. The van der Waals surface area contributed by atoms with Crippen molar-refractivity contribution in [3.8, 4) is 0 Å². The molecule has 1 heterocycles. The van der Waals surface area contributed by atoms with E-state index in [1.165, 1.54) is 12.1 Å². The zero-order valence-corrected chi connectivity index (χ0v) is 11.8. The molecule has 112 valence electrons. The van der Waals surface area contributed by atoms with Gasteiger partial charge in [0, 0.05) is 18.7 Å². The topological polar surface area (TPSA) is 89.5 Å². The Bertz CT molecular complexity index is 700. The first-order valence-corrected chi connectivity index (χ1v) is 6.92. The Morgan fingerprint density at radius 1 is 1.09 bits per heavy atom. The average molecular weight is 297 g/mol. The van der Waals surface area contributed by atoms with Crippen molar-refractivity contribution < 1.29 is 9.72 Å². The Labute approximate surface area is 127 Å². The largest absolute Gasteiger partial charge is 0.328 e. The molecule has 1 amide bonds. The number of hydrogen-bond donors (Lipinski definition) is 1. The molecule has 0 aliphatic carbocycles. The summed E-state index contributed by atoms with van der Waals surface area (Å²) in [5.41, 5.74) is 7.78. The van der Waals surface area contributed by atoms with Gasteiger partial charge in [-0.05, 0) is 11.1 Å². The summed E-state index contributed by atoms with van der Waals surface area (Å²) in [5.74, 6) is -0.104. The molecule has 0 aromatic heterocycles. The first-order chi connectivity index (χ1) is 10.6. The van der Waals surface area contributed by atoms with E-state index in [0.29, 0.717) is 6.54 Å². The van der Waals surface area contributed by atoms with Crippen LogP contribution in [0.2, 0.25) is 0 Å². The molecule has 1 aliphatic rings. The van der Waals surface area contributed by atoms with Gasteiger partial charge in [0.15, 0.2) is 0 Å². The van der Waals surface area contributed by atoms with E-state index in [1.54, 1.807) is 17.0 Å². The Balaban J connectivity index is 1.82. The number of benzene rings is 2. The molecule has 0 radical (unpaired) electrons. The molecule has 3 rings (SSSR count). The van der Waals surface area contributed by atoms with Gasteiger partial charge in [0.1, 0.15) is 6.04 Å². The summed E-state index contributed by atoms with van der Waals surface area (Å²) < 4.78 is 0. The van der Waals surface area contributed by atoms with Crippen LogP contribution in [0.4, 0.5) is 5.69 Å². The van der Waals surface area contributed by atoms with E-state index < -0.39 is 11.0 Å². The highest BCUT2D eigenvalue weighted by Gasteiger charge is 2.45. The van der Waals surface area contributed by atoms with Gasteiger partial charge >= 0.3 is 0 Å². The molecular formula is C16H15N3O3. The summed E-state index contributed by atoms with van der Waals surface area (Å²) in [5, 5.41) is 10.7. The van der Waals surface area contributed by atoms with Crippen LogP contribution in [0.1, 0.15) is 17.2 Å². The third kappa shape index (κ3) is 2.44. The van der Waals surface area contributed by atoms with Gasteiger partial charge in [0.05, 0.1) is 11.0 Å². The number of rotatable bonds is 4. The standard InChI is InChI=1S/C16H15N3O3/c17-14-15(12-6-8-13(9-7-12)19(21)22)18(16(14)20)10-11-4-2-1-3-5-11/h1-9,14-15H,10,17H2/t14-,15-/m1/s1. The van der Waals surface area contributed by atoms with Crippen LogP contribution >= 0.6 is 0 Å². The first kappa shape index (κ1) is 14.2. The van der Waals surface area contributed by atoms with Crippen molar-refractivity contribution in [3.63, 3.8) is 0 Å². The van der Waals surface area contributed by atoms with E-state index in [1.807, 2.05) is 30.3 Å². The molecule has 0 bridgehead atoms. The van der Waals surface area contributed by atoms with E-state index in [9.17, 15) is 14.9 Å². The van der Waals surface area contributed by atoms with Crippen LogP contribution in [-0.2, 0) is 11.3 Å². The molecule has 2 N–H and O–H groups in total. The van der Waals surface area contributed by atoms with Gasteiger partial charge in [-0.2, -0.15) is 0 Å². The zero-order valence-electron chi connectivity index (χ0n) is 11.8. The number of β-lactam (4-membered cyclic amide) rings is 1. The van der Waals surface area contributed by atoms with Gasteiger partial charge in [-0.25, -0.2) is 0 Å². The summed E-state index contributed by atoms with van der Waals surface area (Å²) in [6.07, 6.45) is 0. The van der Waals surface area contributed by atoms with Crippen molar-refractivity contribution in [2.45, 2.75) is 18.6 Å². The second-order valence-corrected chi connectivity index (χ2v) is 5.27. The van der Waals surface area contributed by atoms with E-state index in [-0.39, 0.29) is 17.6 Å². The number of amides is 1. The van der Waals surface area contributed by atoms with Crippen LogP contribution in [0, 0.1) is 10.1 Å². The van der Waals surface area contributed by atoms with Crippen LogP contribution in [-0.4, -0.2) is 21.8 Å². The average Bonchev–Trinajstić information content (AvgIpc) is 2.55. The molecule has 0 saturated carbocycles. The lowest BCUT2D eigenvalue weighted by Crippen LogP contribution is -2.62. The van der Waals surface area contributed by atoms with Crippen molar-refractivity contribution in [3.05, 3.63) is 75.8 Å². The number of non-ortho nitro benzene ring substituents is 1. The third-order valence-corrected chi connectivity index (χ3v) is 3.89. The maximum Gasteiger partial charge on any atom is 0.269 e. The number of nitrogens with zero attached hydrogens (tertiary/aromatic N) is 2. The van der Waals surface area contributed by atoms with Gasteiger partial charge in [-0.15, -0.1) is 0 Å². The lowest BCUT2D eigenvalue weighted by Gasteiger charge is -2.45. The smallest absolute Gasteiger partial charge is 0.269 e. The van der Waals surface area contributed by atoms with Gasteiger partial charge in [-0.1, -0.05) is 42.5 Å². The molecule has 1 aliphatic heterocycles. The molecule has 6 heteroatoms. The lowest BCUT2D eigenvalue weighted by molar-refractivity contribution is -0.384. The molecule has 0 spiro atoms. The fraction of sp³-hybridized carbons (Fsp3) is 0.188. The number of carbonyl (C=O) groups is 1. The number of nitro groups is 1. The normalized spacial score (nSPS) is 20.6. The van der Waals surface area contributed by atoms with Gasteiger partial charge in [-0.3, -0.25) is 14.9 Å². The molecule has 2 aromatic rings. The number of nitrogens with two attached hydrogens (primary N) is 1. The van der Waals surface area contributed by atoms with Crippen molar-refractivity contribution in [1.82, 2.24) is 4.90 Å². The molecule has 2 atom stereocenters. The maximum absolute atomic E-state index is 12.0. The predicted octanol–water partition coefficient (Wildman–Crippen LogP) is 2.01. The highest BCUT2D eigenvalue weighted by Crippen LogP contribution is 2.35. The number of carbonyl (C=O) groups excluding carboxylic acids is 1. The molecular weight excluding hydrogens is 282 g/mol.